The van der Waals surface area contributed by atoms with Crippen LogP contribution in [0.25, 0.3) is 0 Å². The second kappa shape index (κ2) is 10.7. The van der Waals surface area contributed by atoms with E-state index in [1.807, 2.05) is 30.3 Å². The Labute approximate surface area is 194 Å². The number of likely N-dealkylation sites (N-methyl/N-ethyl adjacent to an activating group) is 1. The summed E-state index contributed by atoms with van der Waals surface area (Å²) in [6.45, 7) is 1.22. The number of hydrogen-bond donors (Lipinski definition) is 0. The molecule has 0 N–H and O–H groups in total. The summed E-state index contributed by atoms with van der Waals surface area (Å²) in [7, 11) is 3.30. The molecule has 0 spiro atoms. The van der Waals surface area contributed by atoms with Gasteiger partial charge in [0.25, 0.3) is 0 Å². The third kappa shape index (κ3) is 5.19. The quantitative estimate of drug-likeness (QED) is 0.405. The maximum Gasteiger partial charge on any atom is 0.240 e. The van der Waals surface area contributed by atoms with E-state index >= 15 is 0 Å². The van der Waals surface area contributed by atoms with Crippen LogP contribution in [0.1, 0.15) is 30.4 Å². The number of methoxy groups -OCH3 is 1. The van der Waals surface area contributed by atoms with E-state index in [4.69, 9.17) is 16.3 Å². The van der Waals surface area contributed by atoms with Gasteiger partial charge in [-0.25, -0.2) is 0 Å². The number of nitrogens with zero attached hydrogens (tertiary/aromatic N) is 2. The molecule has 32 heavy (non-hydrogen) atoms. The Morgan fingerprint density at radius 1 is 1.12 bits per heavy atom. The highest BCUT2D eigenvalue weighted by molar-refractivity contribution is 6.32. The van der Waals surface area contributed by atoms with Gasteiger partial charge in [0.2, 0.25) is 17.7 Å². The summed E-state index contributed by atoms with van der Waals surface area (Å²) in [5.41, 5.74) is 0.365. The van der Waals surface area contributed by atoms with Crippen LogP contribution >= 0.6 is 11.6 Å². The van der Waals surface area contributed by atoms with E-state index in [2.05, 4.69) is 0 Å². The minimum atomic E-state index is -1.29. The van der Waals surface area contributed by atoms with Crippen molar-refractivity contribution in [3.05, 3.63) is 70.7 Å². The van der Waals surface area contributed by atoms with E-state index in [1.54, 1.807) is 43.3 Å². The lowest BCUT2D eigenvalue weighted by molar-refractivity contribution is -0.142. The Morgan fingerprint density at radius 3 is 2.50 bits per heavy atom. The molecule has 1 fully saturated rings. The maximum atomic E-state index is 13.6. The maximum absolute atomic E-state index is 13.6. The molecule has 2 aromatic carbocycles. The van der Waals surface area contributed by atoms with Crippen molar-refractivity contribution in [3.8, 4) is 0 Å². The van der Waals surface area contributed by atoms with E-state index < -0.39 is 5.41 Å². The largest absolute Gasteiger partial charge is 0.385 e. The number of amides is 3. The van der Waals surface area contributed by atoms with E-state index in [9.17, 15) is 14.4 Å². The number of imide groups is 1. The molecule has 1 aliphatic rings. The Morgan fingerprint density at radius 2 is 1.81 bits per heavy atom. The SMILES string of the molecule is COCCCN1C(=O)CC(CC(=O)N(C)CCc2ccccc2)(c2ccccc2Cl)C1=O. The molecular formula is C25H29ClN2O4. The second-order valence-electron chi connectivity index (χ2n) is 8.16. The number of carbonyl (C=O) groups is 3. The summed E-state index contributed by atoms with van der Waals surface area (Å²) in [5.74, 6) is -0.844. The molecule has 0 aromatic heterocycles. The lowest BCUT2D eigenvalue weighted by Crippen LogP contribution is -2.43. The molecule has 1 atom stereocenters. The van der Waals surface area contributed by atoms with E-state index in [-0.39, 0.29) is 37.1 Å². The van der Waals surface area contributed by atoms with E-state index in [0.717, 1.165) is 5.56 Å². The zero-order chi connectivity index (χ0) is 23.1. The van der Waals surface area contributed by atoms with Gasteiger partial charge in [0.15, 0.2) is 0 Å². The van der Waals surface area contributed by atoms with Gasteiger partial charge in [-0.2, -0.15) is 0 Å². The Hall–Kier alpha value is -2.70. The number of benzene rings is 2. The van der Waals surface area contributed by atoms with Crippen LogP contribution in [0, 0.1) is 0 Å². The highest BCUT2D eigenvalue weighted by atomic mass is 35.5. The molecule has 0 bridgehead atoms. The van der Waals surface area contributed by atoms with Gasteiger partial charge in [-0.1, -0.05) is 60.1 Å². The summed E-state index contributed by atoms with van der Waals surface area (Å²) in [6.07, 6.45) is 1.07. The summed E-state index contributed by atoms with van der Waals surface area (Å²) in [4.78, 5) is 42.5. The van der Waals surface area contributed by atoms with Crippen molar-refractivity contribution < 1.29 is 19.1 Å². The van der Waals surface area contributed by atoms with Crippen LogP contribution in [0.5, 0.6) is 0 Å². The first-order valence-electron chi connectivity index (χ1n) is 10.8. The molecule has 1 aliphatic heterocycles. The first kappa shape index (κ1) is 24.0. The first-order chi connectivity index (χ1) is 15.4. The monoisotopic (exact) mass is 456 g/mol. The third-order valence-corrected chi connectivity index (χ3v) is 6.32. The van der Waals surface area contributed by atoms with Gasteiger partial charge in [-0.15, -0.1) is 0 Å². The van der Waals surface area contributed by atoms with Crippen LogP contribution in [0.3, 0.4) is 0 Å². The summed E-state index contributed by atoms with van der Waals surface area (Å²) < 4.78 is 5.06. The van der Waals surface area contributed by atoms with Gasteiger partial charge in [-0.05, 0) is 30.0 Å². The van der Waals surface area contributed by atoms with Crippen LogP contribution in [-0.4, -0.2) is 61.4 Å². The molecule has 7 heteroatoms. The smallest absolute Gasteiger partial charge is 0.240 e. The number of rotatable bonds is 10. The van der Waals surface area contributed by atoms with Gasteiger partial charge in [0, 0.05) is 51.7 Å². The summed E-state index contributed by atoms with van der Waals surface area (Å²) in [6, 6.07) is 16.9. The molecule has 3 rings (SSSR count). The van der Waals surface area contributed by atoms with Crippen molar-refractivity contribution in [3.63, 3.8) is 0 Å². The summed E-state index contributed by atoms with van der Waals surface area (Å²) in [5, 5.41) is 0.382. The topological polar surface area (TPSA) is 66.9 Å². The fourth-order valence-corrected chi connectivity index (χ4v) is 4.46. The molecule has 1 heterocycles. The minimum Gasteiger partial charge on any atom is -0.385 e. The number of hydrogen-bond acceptors (Lipinski definition) is 4. The number of likely N-dealkylation sites (tertiary alicyclic amines) is 1. The van der Waals surface area contributed by atoms with Gasteiger partial charge in [0.1, 0.15) is 0 Å². The molecule has 3 amide bonds. The molecule has 2 aromatic rings. The lowest BCUT2D eigenvalue weighted by Gasteiger charge is -2.30. The first-order valence-corrected chi connectivity index (χ1v) is 11.1. The van der Waals surface area contributed by atoms with E-state index in [0.29, 0.717) is 36.6 Å². The lowest BCUT2D eigenvalue weighted by atomic mass is 9.75. The molecule has 0 aliphatic carbocycles. The van der Waals surface area contributed by atoms with Crippen LogP contribution in [0.4, 0.5) is 0 Å². The van der Waals surface area contributed by atoms with Crippen LogP contribution in [-0.2, 0) is 31.0 Å². The molecule has 1 saturated heterocycles. The highest BCUT2D eigenvalue weighted by Crippen LogP contribution is 2.43. The third-order valence-electron chi connectivity index (χ3n) is 5.99. The summed E-state index contributed by atoms with van der Waals surface area (Å²) >= 11 is 6.46. The zero-order valence-electron chi connectivity index (χ0n) is 18.6. The Bertz CT molecular complexity index is 965. The number of halogens is 1. The van der Waals surface area contributed by atoms with Crippen molar-refractivity contribution in [1.82, 2.24) is 9.80 Å². The van der Waals surface area contributed by atoms with Crippen LogP contribution in [0.2, 0.25) is 5.02 Å². The van der Waals surface area contributed by atoms with Crippen LogP contribution in [0.15, 0.2) is 54.6 Å². The molecule has 170 valence electrons. The molecular weight excluding hydrogens is 428 g/mol. The standard InChI is InChI=1S/C25H29ClN2O4/c1-27(15-13-19-9-4-3-5-10-19)22(29)17-25(20-11-6-7-12-21(20)26)18-23(30)28(24(25)31)14-8-16-32-2/h3-7,9-12H,8,13-18H2,1-2H3. The molecule has 0 radical (unpaired) electrons. The van der Waals surface area contributed by atoms with Gasteiger partial charge in [-0.3, -0.25) is 19.3 Å². The van der Waals surface area contributed by atoms with E-state index in [1.165, 1.54) is 4.90 Å². The average molecular weight is 457 g/mol. The Kier molecular flexibility index (Phi) is 8.04. The van der Waals surface area contributed by atoms with Gasteiger partial charge >= 0.3 is 0 Å². The molecule has 0 saturated carbocycles. The Balaban J connectivity index is 1.82. The molecule has 1 unspecified atom stereocenters. The van der Waals surface area contributed by atoms with Crippen molar-refractivity contribution in [2.24, 2.45) is 0 Å². The highest BCUT2D eigenvalue weighted by Gasteiger charge is 2.54. The minimum absolute atomic E-state index is 0.0686. The zero-order valence-corrected chi connectivity index (χ0v) is 19.3. The second-order valence-corrected chi connectivity index (χ2v) is 8.57. The van der Waals surface area contributed by atoms with Gasteiger partial charge in [0.05, 0.1) is 5.41 Å². The normalized spacial score (nSPS) is 18.3. The predicted molar refractivity (Wildman–Crippen MR) is 123 cm³/mol. The average Bonchev–Trinajstić information content (AvgIpc) is 3.03. The van der Waals surface area contributed by atoms with Crippen molar-refractivity contribution >= 4 is 29.3 Å². The fourth-order valence-electron chi connectivity index (χ4n) is 4.15. The van der Waals surface area contributed by atoms with Crippen LogP contribution < -0.4 is 0 Å². The number of ether oxygens (including phenoxy) is 1. The van der Waals surface area contributed by atoms with Crippen molar-refractivity contribution in [1.29, 1.82) is 0 Å². The number of carbonyl (C=O) groups excluding carboxylic acids is 3. The van der Waals surface area contributed by atoms with Crippen molar-refractivity contribution in [2.75, 3.05) is 33.9 Å². The fraction of sp³-hybridized carbons (Fsp3) is 0.400. The predicted octanol–water partition coefficient (Wildman–Crippen LogP) is 3.46. The van der Waals surface area contributed by atoms with Gasteiger partial charge < -0.3 is 9.64 Å². The van der Waals surface area contributed by atoms with Crippen molar-refractivity contribution in [2.45, 2.75) is 31.1 Å². The molecule has 6 nitrogen and oxygen atoms in total.